The molecule has 0 aromatic heterocycles. The van der Waals surface area contributed by atoms with Gasteiger partial charge in [-0.05, 0) is 61.8 Å². The van der Waals surface area contributed by atoms with Crippen molar-refractivity contribution in [3.8, 4) is 0 Å². The molecule has 48 heavy (non-hydrogen) atoms. The molecule has 3 aromatic carbocycles. The van der Waals surface area contributed by atoms with Crippen molar-refractivity contribution in [3.63, 3.8) is 0 Å². The van der Waals surface area contributed by atoms with Crippen LogP contribution in [0.15, 0.2) is 78.9 Å². The quantitative estimate of drug-likeness (QED) is 0.193. The van der Waals surface area contributed by atoms with E-state index in [-0.39, 0.29) is 49.9 Å². The fraction of sp³-hybridized carbons (Fsp3) is 0.432. The summed E-state index contributed by atoms with van der Waals surface area (Å²) in [6.45, 7) is 6.34. The molecular weight excluding hydrogens is 628 g/mol. The van der Waals surface area contributed by atoms with E-state index in [9.17, 15) is 19.5 Å². The molecule has 0 bridgehead atoms. The Morgan fingerprint density at radius 3 is 2.40 bits per heavy atom. The maximum atomic E-state index is 16.5. The standard InChI is InChI=1S/C37H45FN4O5Si/c1-25-34(48(2,3)38)32(22-33(44)41(19-20-43)23-26-11-6-4-7-12-26)47-37(25)29-21-28(40-35(45)30-15-10-18-39-30)16-17-31(29)42(36(37)46)24-27-13-8-5-9-14-27/h4-9,11-14,16-17,21,25,30,32,34,39,43H,10,15,18-20,22-24H2,1-3H3,(H,40,45)/t25-,30+,32+,34-,37+/m0/s1. The van der Waals surface area contributed by atoms with Gasteiger partial charge in [0.1, 0.15) is 0 Å². The van der Waals surface area contributed by atoms with E-state index in [4.69, 9.17) is 4.74 Å². The zero-order valence-electron chi connectivity index (χ0n) is 27.8. The van der Waals surface area contributed by atoms with Crippen LogP contribution in [0, 0.1) is 5.92 Å². The second-order valence-corrected chi connectivity index (χ2v) is 17.5. The largest absolute Gasteiger partial charge is 0.395 e. The van der Waals surface area contributed by atoms with Crippen molar-refractivity contribution < 1.29 is 28.3 Å². The minimum Gasteiger partial charge on any atom is -0.395 e. The number of carbonyl (C=O) groups excluding carboxylic acids is 3. The highest BCUT2D eigenvalue weighted by Gasteiger charge is 2.67. The third kappa shape index (κ3) is 6.56. The summed E-state index contributed by atoms with van der Waals surface area (Å²) in [7, 11) is -3.54. The van der Waals surface area contributed by atoms with Crippen molar-refractivity contribution in [1.29, 1.82) is 0 Å². The first-order valence-electron chi connectivity index (χ1n) is 16.9. The van der Waals surface area contributed by atoms with E-state index in [1.54, 1.807) is 35.0 Å². The summed E-state index contributed by atoms with van der Waals surface area (Å²) in [5, 5.41) is 16.0. The molecule has 254 valence electrons. The first kappa shape index (κ1) is 34.0. The topological polar surface area (TPSA) is 111 Å². The van der Waals surface area contributed by atoms with Gasteiger partial charge in [-0.3, -0.25) is 14.4 Å². The third-order valence-corrected chi connectivity index (χ3v) is 12.6. The van der Waals surface area contributed by atoms with Gasteiger partial charge in [0.25, 0.3) is 5.91 Å². The molecule has 3 aromatic rings. The number of amides is 3. The maximum Gasteiger partial charge on any atom is 0.264 e. The highest BCUT2D eigenvalue weighted by molar-refractivity contribution is 6.72. The molecular formula is C37H45FN4O5Si. The molecule has 1 spiro atoms. The van der Waals surface area contributed by atoms with E-state index in [2.05, 4.69) is 10.6 Å². The van der Waals surface area contributed by atoms with Gasteiger partial charge in [-0.1, -0.05) is 67.6 Å². The van der Waals surface area contributed by atoms with Crippen molar-refractivity contribution >= 4 is 37.5 Å². The summed E-state index contributed by atoms with van der Waals surface area (Å²) in [6, 6.07) is 24.3. The number of anilines is 2. The molecule has 3 heterocycles. The van der Waals surface area contributed by atoms with Crippen LogP contribution in [0.2, 0.25) is 18.6 Å². The number of nitrogens with zero attached hydrogens (tertiary/aromatic N) is 2. The molecule has 3 aliphatic heterocycles. The monoisotopic (exact) mass is 672 g/mol. The van der Waals surface area contributed by atoms with E-state index < -0.39 is 31.6 Å². The van der Waals surface area contributed by atoms with Gasteiger partial charge >= 0.3 is 0 Å². The number of aliphatic hydroxyl groups is 1. The van der Waals surface area contributed by atoms with E-state index >= 15 is 4.11 Å². The van der Waals surface area contributed by atoms with Gasteiger partial charge in [0.2, 0.25) is 20.2 Å². The molecule has 11 heteroatoms. The predicted octanol–water partition coefficient (Wildman–Crippen LogP) is 5.11. The van der Waals surface area contributed by atoms with Crippen LogP contribution in [0.25, 0.3) is 0 Å². The van der Waals surface area contributed by atoms with Crippen LogP contribution in [0.4, 0.5) is 15.5 Å². The number of halogens is 1. The SMILES string of the molecule is C[C@H]1[C@H]([Si](C)(C)F)[C@@H](CC(=O)N(CCO)Cc2ccccc2)O[C@]12C(=O)N(Cc1ccccc1)c1ccc(NC(=O)[C@H]3CCCN3)cc12. The first-order chi connectivity index (χ1) is 23.0. The van der Waals surface area contributed by atoms with E-state index in [0.717, 1.165) is 30.5 Å². The van der Waals surface area contributed by atoms with Crippen LogP contribution in [0.1, 0.15) is 42.9 Å². The van der Waals surface area contributed by atoms with Crippen LogP contribution in [-0.4, -0.2) is 68.0 Å². The molecule has 6 rings (SSSR count). The van der Waals surface area contributed by atoms with Crippen molar-refractivity contribution in [1.82, 2.24) is 10.2 Å². The van der Waals surface area contributed by atoms with Crippen LogP contribution in [-0.2, 0) is 37.8 Å². The summed E-state index contributed by atoms with van der Waals surface area (Å²) in [6.07, 6.45) is 0.667. The van der Waals surface area contributed by atoms with Gasteiger partial charge in [0, 0.05) is 35.8 Å². The Labute approximate surface area is 282 Å². The number of fused-ring (bicyclic) bond motifs is 2. The molecule has 2 fully saturated rings. The van der Waals surface area contributed by atoms with Crippen LogP contribution >= 0.6 is 0 Å². The van der Waals surface area contributed by atoms with Gasteiger partial charge < -0.3 is 34.4 Å². The average molecular weight is 673 g/mol. The number of benzene rings is 3. The highest BCUT2D eigenvalue weighted by Crippen LogP contribution is 2.60. The number of hydrogen-bond acceptors (Lipinski definition) is 6. The Morgan fingerprint density at radius 2 is 1.77 bits per heavy atom. The van der Waals surface area contributed by atoms with Crippen LogP contribution in [0.5, 0.6) is 0 Å². The fourth-order valence-electron chi connectivity index (χ4n) is 7.90. The number of rotatable bonds is 11. The Balaban J connectivity index is 1.37. The number of hydrogen-bond donors (Lipinski definition) is 3. The third-order valence-electron chi connectivity index (χ3n) is 10.1. The van der Waals surface area contributed by atoms with Crippen LogP contribution in [0.3, 0.4) is 0 Å². The lowest BCUT2D eigenvalue weighted by Crippen LogP contribution is -2.45. The fourth-order valence-corrected chi connectivity index (χ4v) is 10.4. The average Bonchev–Trinajstić information content (AvgIpc) is 3.76. The zero-order valence-corrected chi connectivity index (χ0v) is 28.8. The van der Waals surface area contributed by atoms with Gasteiger partial charge in [0.05, 0.1) is 37.4 Å². The zero-order chi connectivity index (χ0) is 34.1. The smallest absolute Gasteiger partial charge is 0.264 e. The summed E-state index contributed by atoms with van der Waals surface area (Å²) < 4.78 is 23.3. The highest BCUT2D eigenvalue weighted by atomic mass is 28.4. The molecule has 5 atom stereocenters. The number of carbonyl (C=O) groups is 3. The Kier molecular flexibility index (Phi) is 9.85. The minimum absolute atomic E-state index is 0.119. The lowest BCUT2D eigenvalue weighted by Gasteiger charge is -2.31. The van der Waals surface area contributed by atoms with Crippen molar-refractivity contribution in [2.24, 2.45) is 5.92 Å². The molecule has 0 aliphatic carbocycles. The van der Waals surface area contributed by atoms with E-state index in [1.807, 2.05) is 73.7 Å². The maximum absolute atomic E-state index is 16.5. The Hall–Kier alpha value is -3.90. The van der Waals surface area contributed by atoms with Gasteiger partial charge in [-0.2, -0.15) is 0 Å². The predicted molar refractivity (Wildman–Crippen MR) is 185 cm³/mol. The molecule has 0 radical (unpaired) electrons. The summed E-state index contributed by atoms with van der Waals surface area (Å²) >= 11 is 0. The first-order valence-corrected chi connectivity index (χ1v) is 19.8. The summed E-state index contributed by atoms with van der Waals surface area (Å²) in [5.74, 6) is -1.32. The lowest BCUT2D eigenvalue weighted by atomic mass is 9.82. The van der Waals surface area contributed by atoms with E-state index in [1.165, 1.54) is 0 Å². The van der Waals surface area contributed by atoms with E-state index in [0.29, 0.717) is 23.5 Å². The van der Waals surface area contributed by atoms with Gasteiger partial charge in [-0.15, -0.1) is 0 Å². The number of nitrogens with one attached hydrogen (secondary N) is 2. The summed E-state index contributed by atoms with van der Waals surface area (Å²) in [4.78, 5) is 45.0. The van der Waals surface area contributed by atoms with Crippen molar-refractivity contribution in [2.45, 2.75) is 75.7 Å². The molecule has 3 amide bonds. The van der Waals surface area contributed by atoms with Crippen molar-refractivity contribution in [2.75, 3.05) is 29.9 Å². The minimum atomic E-state index is -3.54. The normalized spacial score (nSPS) is 25.0. The molecule has 0 unspecified atom stereocenters. The summed E-state index contributed by atoms with van der Waals surface area (Å²) in [5.41, 5.74) is 1.35. The second kappa shape index (κ2) is 13.9. The molecule has 0 saturated carbocycles. The van der Waals surface area contributed by atoms with Crippen molar-refractivity contribution in [3.05, 3.63) is 95.6 Å². The number of ether oxygens (including phenoxy) is 1. The number of aliphatic hydroxyl groups excluding tert-OH is 1. The second-order valence-electron chi connectivity index (χ2n) is 13.7. The van der Waals surface area contributed by atoms with Crippen LogP contribution < -0.4 is 15.5 Å². The molecule has 3 N–H and O–H groups in total. The molecule has 3 aliphatic rings. The molecule has 9 nitrogen and oxygen atoms in total. The van der Waals surface area contributed by atoms with Gasteiger partial charge in [-0.25, -0.2) is 0 Å². The van der Waals surface area contributed by atoms with Gasteiger partial charge in [0.15, 0.2) is 5.60 Å². The molecule has 2 saturated heterocycles. The Morgan fingerprint density at radius 1 is 1.08 bits per heavy atom. The lowest BCUT2D eigenvalue weighted by molar-refractivity contribution is -0.150. The Bertz CT molecular complexity index is 1630.